The van der Waals surface area contributed by atoms with Crippen LogP contribution in [0.5, 0.6) is 0 Å². The maximum atomic E-state index is 12.8. The van der Waals surface area contributed by atoms with Crippen LogP contribution in [-0.4, -0.2) is 52.9 Å². The van der Waals surface area contributed by atoms with Crippen molar-refractivity contribution < 1.29 is 4.79 Å². The minimum atomic E-state index is 0.130. The Hall–Kier alpha value is -1.94. The Morgan fingerprint density at radius 1 is 1.00 bits per heavy atom. The predicted octanol–water partition coefficient (Wildman–Crippen LogP) is 3.33. The summed E-state index contributed by atoms with van der Waals surface area (Å²) < 4.78 is 0. The lowest BCUT2D eigenvalue weighted by molar-refractivity contribution is 0.0590. The number of benzene rings is 1. The number of hydrogen-bond donors (Lipinski definition) is 0. The van der Waals surface area contributed by atoms with Crippen molar-refractivity contribution in [1.29, 1.82) is 0 Å². The third kappa shape index (κ3) is 3.16. The highest BCUT2D eigenvalue weighted by molar-refractivity contribution is 5.97. The highest BCUT2D eigenvalue weighted by atomic mass is 16.2. The topological polar surface area (TPSA) is 36.4 Å². The van der Waals surface area contributed by atoms with E-state index in [1.165, 1.54) is 32.4 Å². The fourth-order valence-corrected chi connectivity index (χ4v) is 4.09. The molecule has 2 saturated heterocycles. The number of piperidine rings is 2. The molecule has 0 radical (unpaired) electrons. The Bertz CT molecular complexity index is 716. The van der Waals surface area contributed by atoms with Crippen molar-refractivity contribution in [3.05, 3.63) is 42.1 Å². The second-order valence-corrected chi connectivity index (χ2v) is 7.04. The van der Waals surface area contributed by atoms with Crippen molar-refractivity contribution >= 4 is 16.8 Å². The van der Waals surface area contributed by atoms with Gasteiger partial charge in [-0.1, -0.05) is 24.6 Å². The van der Waals surface area contributed by atoms with E-state index in [9.17, 15) is 4.79 Å². The van der Waals surface area contributed by atoms with Crippen LogP contribution in [0.1, 0.15) is 42.5 Å². The van der Waals surface area contributed by atoms with Crippen molar-refractivity contribution in [2.75, 3.05) is 26.2 Å². The average Bonchev–Trinajstić information content (AvgIpc) is 2.68. The fraction of sp³-hybridized carbons (Fsp3) is 0.500. The summed E-state index contributed by atoms with van der Waals surface area (Å²) in [5, 5.41) is 1.03. The maximum absolute atomic E-state index is 12.8. The fourth-order valence-electron chi connectivity index (χ4n) is 4.09. The van der Waals surface area contributed by atoms with E-state index in [4.69, 9.17) is 0 Å². The molecule has 0 spiro atoms. The van der Waals surface area contributed by atoms with Crippen LogP contribution >= 0.6 is 0 Å². The number of nitrogens with zero attached hydrogens (tertiary/aromatic N) is 3. The van der Waals surface area contributed by atoms with E-state index < -0.39 is 0 Å². The Kier molecular flexibility index (Phi) is 4.48. The van der Waals surface area contributed by atoms with Crippen molar-refractivity contribution in [2.24, 2.45) is 0 Å². The second kappa shape index (κ2) is 6.89. The van der Waals surface area contributed by atoms with E-state index in [-0.39, 0.29) is 5.91 Å². The summed E-state index contributed by atoms with van der Waals surface area (Å²) in [6, 6.07) is 10.6. The Morgan fingerprint density at radius 3 is 2.54 bits per heavy atom. The summed E-state index contributed by atoms with van der Waals surface area (Å²) in [4.78, 5) is 21.9. The number of carbonyl (C=O) groups is 1. The Morgan fingerprint density at radius 2 is 1.75 bits per heavy atom. The molecule has 2 aliphatic rings. The number of aromatic nitrogens is 1. The van der Waals surface area contributed by atoms with Gasteiger partial charge in [0.05, 0.1) is 11.1 Å². The first-order valence-corrected chi connectivity index (χ1v) is 9.19. The van der Waals surface area contributed by atoms with E-state index in [1.54, 1.807) is 6.20 Å². The molecule has 3 heterocycles. The second-order valence-electron chi connectivity index (χ2n) is 7.04. The van der Waals surface area contributed by atoms with Crippen molar-refractivity contribution in [3.8, 4) is 0 Å². The molecule has 1 aromatic carbocycles. The zero-order chi connectivity index (χ0) is 16.4. The Balaban J connectivity index is 1.41. The summed E-state index contributed by atoms with van der Waals surface area (Å²) in [5.41, 5.74) is 1.66. The van der Waals surface area contributed by atoms with Gasteiger partial charge in [0.25, 0.3) is 5.91 Å². The van der Waals surface area contributed by atoms with E-state index >= 15 is 0 Å². The summed E-state index contributed by atoms with van der Waals surface area (Å²) >= 11 is 0. The van der Waals surface area contributed by atoms with Crippen molar-refractivity contribution in [2.45, 2.75) is 38.1 Å². The molecule has 0 unspecified atom stereocenters. The minimum absolute atomic E-state index is 0.130. The highest BCUT2D eigenvalue weighted by Gasteiger charge is 2.28. The number of carbonyl (C=O) groups excluding carboxylic acids is 1. The van der Waals surface area contributed by atoms with Crippen LogP contribution in [-0.2, 0) is 0 Å². The van der Waals surface area contributed by atoms with Gasteiger partial charge in [0.15, 0.2) is 0 Å². The van der Waals surface area contributed by atoms with Crippen LogP contribution in [0.4, 0.5) is 0 Å². The molecule has 2 aliphatic heterocycles. The van der Waals surface area contributed by atoms with Gasteiger partial charge >= 0.3 is 0 Å². The summed E-state index contributed by atoms with van der Waals surface area (Å²) in [7, 11) is 0. The number of amides is 1. The molecule has 1 aromatic heterocycles. The maximum Gasteiger partial charge on any atom is 0.255 e. The Labute approximate surface area is 143 Å². The minimum Gasteiger partial charge on any atom is -0.338 e. The van der Waals surface area contributed by atoms with Gasteiger partial charge in [-0.2, -0.15) is 0 Å². The zero-order valence-electron chi connectivity index (χ0n) is 14.2. The standard InChI is InChI=1S/C20H25N3O/c24-20(17-14-16-6-2-3-7-19(16)21-15-17)23-12-8-18(9-13-23)22-10-4-1-5-11-22/h2-3,6-7,14-15,18H,1,4-5,8-13H2. The molecular weight excluding hydrogens is 298 g/mol. The van der Waals surface area contributed by atoms with Crippen molar-refractivity contribution in [1.82, 2.24) is 14.8 Å². The molecule has 0 bridgehead atoms. The van der Waals surface area contributed by atoms with Gasteiger partial charge in [0.1, 0.15) is 0 Å². The first-order chi connectivity index (χ1) is 11.8. The van der Waals surface area contributed by atoms with Gasteiger partial charge in [0.2, 0.25) is 0 Å². The summed E-state index contributed by atoms with van der Waals surface area (Å²) in [5.74, 6) is 0.130. The first-order valence-electron chi connectivity index (χ1n) is 9.19. The smallest absolute Gasteiger partial charge is 0.255 e. The number of fused-ring (bicyclic) bond motifs is 1. The SMILES string of the molecule is O=C(c1cnc2ccccc2c1)N1CCC(N2CCCCC2)CC1. The molecule has 4 heteroatoms. The molecule has 0 N–H and O–H groups in total. The zero-order valence-corrected chi connectivity index (χ0v) is 14.2. The molecule has 2 fully saturated rings. The van der Waals surface area contributed by atoms with Crippen LogP contribution in [0.25, 0.3) is 10.9 Å². The van der Waals surface area contributed by atoms with E-state index in [1.807, 2.05) is 35.2 Å². The van der Waals surface area contributed by atoms with Gasteiger partial charge in [-0.25, -0.2) is 0 Å². The lowest BCUT2D eigenvalue weighted by atomic mass is 9.99. The molecule has 24 heavy (non-hydrogen) atoms. The molecule has 1 amide bonds. The van der Waals surface area contributed by atoms with Gasteiger partial charge in [0, 0.05) is 30.7 Å². The highest BCUT2D eigenvalue weighted by Crippen LogP contribution is 2.22. The van der Waals surface area contributed by atoms with Crippen LogP contribution < -0.4 is 0 Å². The number of para-hydroxylation sites is 1. The monoisotopic (exact) mass is 323 g/mol. The third-order valence-electron chi connectivity index (χ3n) is 5.50. The van der Waals surface area contributed by atoms with Gasteiger partial charge in [-0.15, -0.1) is 0 Å². The molecule has 4 rings (SSSR count). The normalized spacial score (nSPS) is 20.4. The lowest BCUT2D eigenvalue weighted by Crippen LogP contribution is -2.48. The first kappa shape index (κ1) is 15.6. The number of likely N-dealkylation sites (tertiary alicyclic amines) is 2. The van der Waals surface area contributed by atoms with Crippen LogP contribution in [0, 0.1) is 0 Å². The lowest BCUT2D eigenvalue weighted by Gasteiger charge is -2.40. The van der Waals surface area contributed by atoms with E-state index in [0.717, 1.165) is 36.8 Å². The van der Waals surface area contributed by atoms with E-state index in [0.29, 0.717) is 11.6 Å². The molecular formula is C20H25N3O. The van der Waals surface area contributed by atoms with Crippen LogP contribution in [0.3, 0.4) is 0 Å². The van der Waals surface area contributed by atoms with Gasteiger partial charge in [-0.05, 0) is 50.9 Å². The van der Waals surface area contributed by atoms with Crippen molar-refractivity contribution in [3.63, 3.8) is 0 Å². The molecule has 0 atom stereocenters. The van der Waals surface area contributed by atoms with Crippen LogP contribution in [0.15, 0.2) is 36.5 Å². The molecule has 126 valence electrons. The number of hydrogen-bond acceptors (Lipinski definition) is 3. The van der Waals surface area contributed by atoms with E-state index in [2.05, 4.69) is 9.88 Å². The largest absolute Gasteiger partial charge is 0.338 e. The molecule has 0 saturated carbocycles. The summed E-state index contributed by atoms with van der Waals surface area (Å²) in [6.07, 6.45) is 7.98. The predicted molar refractivity (Wildman–Crippen MR) is 96.1 cm³/mol. The van der Waals surface area contributed by atoms with Gasteiger partial charge in [-0.3, -0.25) is 9.78 Å². The third-order valence-corrected chi connectivity index (χ3v) is 5.50. The molecule has 4 nitrogen and oxygen atoms in total. The quantitative estimate of drug-likeness (QED) is 0.850. The number of rotatable bonds is 2. The van der Waals surface area contributed by atoms with Gasteiger partial charge < -0.3 is 9.80 Å². The average molecular weight is 323 g/mol. The van der Waals surface area contributed by atoms with Crippen LogP contribution in [0.2, 0.25) is 0 Å². The molecule has 0 aliphatic carbocycles. The summed E-state index contributed by atoms with van der Waals surface area (Å²) in [6.45, 7) is 4.22. The molecule has 2 aromatic rings. The number of pyridine rings is 1.